The summed E-state index contributed by atoms with van der Waals surface area (Å²) in [6.07, 6.45) is 0.932. The Kier molecular flexibility index (Phi) is 2.48. The van der Waals surface area contributed by atoms with E-state index in [2.05, 4.69) is 9.88 Å². The third kappa shape index (κ3) is 1.82. The summed E-state index contributed by atoms with van der Waals surface area (Å²) in [5, 5.41) is 0.881. The zero-order valence-electron chi connectivity index (χ0n) is 9.97. The van der Waals surface area contributed by atoms with E-state index in [1.807, 2.05) is 7.05 Å². The van der Waals surface area contributed by atoms with Crippen molar-refractivity contribution in [2.75, 3.05) is 13.6 Å². The molecule has 0 saturated heterocycles. The molecule has 1 aliphatic heterocycles. The first-order valence-electron chi connectivity index (χ1n) is 5.74. The molecule has 18 heavy (non-hydrogen) atoms. The second-order valence-corrected chi connectivity index (χ2v) is 6.17. The lowest BCUT2D eigenvalue weighted by Crippen LogP contribution is -2.26. The number of nitrogens with one attached hydrogen (secondary N) is 1. The predicted molar refractivity (Wildman–Crippen MR) is 68.2 cm³/mol. The van der Waals surface area contributed by atoms with Crippen LogP contribution in [0.15, 0.2) is 23.1 Å². The van der Waals surface area contributed by atoms with Crippen LogP contribution in [0.3, 0.4) is 0 Å². The highest BCUT2D eigenvalue weighted by molar-refractivity contribution is 7.85. The van der Waals surface area contributed by atoms with Crippen LogP contribution < -0.4 is 0 Å². The number of aromatic nitrogens is 1. The molecule has 0 unspecified atom stereocenters. The minimum atomic E-state index is -4.14. The first kappa shape index (κ1) is 11.7. The fourth-order valence-electron chi connectivity index (χ4n) is 2.49. The summed E-state index contributed by atoms with van der Waals surface area (Å²) in [6.45, 7) is 1.79. The first-order chi connectivity index (χ1) is 8.45. The molecule has 0 bridgehead atoms. The summed E-state index contributed by atoms with van der Waals surface area (Å²) in [5.74, 6) is 0. The van der Waals surface area contributed by atoms with Gasteiger partial charge in [-0.1, -0.05) is 0 Å². The van der Waals surface area contributed by atoms with Gasteiger partial charge in [-0.3, -0.25) is 4.55 Å². The summed E-state index contributed by atoms with van der Waals surface area (Å²) in [5.41, 5.74) is 3.21. The van der Waals surface area contributed by atoms with Crippen molar-refractivity contribution in [1.82, 2.24) is 9.88 Å². The molecule has 96 valence electrons. The molecule has 1 aromatic carbocycles. The first-order valence-corrected chi connectivity index (χ1v) is 7.18. The zero-order valence-corrected chi connectivity index (χ0v) is 10.8. The van der Waals surface area contributed by atoms with Crippen LogP contribution in [0.4, 0.5) is 0 Å². The lowest BCUT2D eigenvalue weighted by molar-refractivity contribution is 0.313. The van der Waals surface area contributed by atoms with Gasteiger partial charge >= 0.3 is 0 Å². The molecule has 5 nitrogen and oxygen atoms in total. The van der Waals surface area contributed by atoms with Crippen molar-refractivity contribution in [3.8, 4) is 0 Å². The van der Waals surface area contributed by atoms with Gasteiger partial charge in [0.15, 0.2) is 0 Å². The molecule has 2 aromatic rings. The highest BCUT2D eigenvalue weighted by Crippen LogP contribution is 2.28. The Hall–Kier alpha value is -1.37. The third-order valence-corrected chi connectivity index (χ3v) is 4.29. The maximum atomic E-state index is 11.2. The van der Waals surface area contributed by atoms with Gasteiger partial charge in [0.05, 0.1) is 4.90 Å². The summed E-state index contributed by atoms with van der Waals surface area (Å²) >= 11 is 0. The quantitative estimate of drug-likeness (QED) is 0.765. The minimum Gasteiger partial charge on any atom is -0.358 e. The van der Waals surface area contributed by atoms with E-state index in [0.717, 1.165) is 41.7 Å². The third-order valence-electron chi connectivity index (χ3n) is 3.44. The van der Waals surface area contributed by atoms with Crippen LogP contribution in [0.5, 0.6) is 0 Å². The number of hydrogen-bond donors (Lipinski definition) is 2. The van der Waals surface area contributed by atoms with Gasteiger partial charge in [0, 0.05) is 36.1 Å². The molecule has 2 heterocycles. The van der Waals surface area contributed by atoms with E-state index in [1.54, 1.807) is 12.1 Å². The molecule has 0 aliphatic carbocycles. The average molecular weight is 266 g/mol. The van der Waals surface area contributed by atoms with Gasteiger partial charge < -0.3 is 9.88 Å². The number of rotatable bonds is 1. The van der Waals surface area contributed by atoms with Gasteiger partial charge in [-0.25, -0.2) is 0 Å². The lowest BCUT2D eigenvalue weighted by Gasteiger charge is -2.22. The Balaban J connectivity index is 2.24. The fourth-order valence-corrected chi connectivity index (χ4v) is 3.00. The van der Waals surface area contributed by atoms with Gasteiger partial charge in [0.1, 0.15) is 0 Å². The maximum absolute atomic E-state index is 11.2. The molecule has 2 N–H and O–H groups in total. The van der Waals surface area contributed by atoms with Crippen molar-refractivity contribution in [2.24, 2.45) is 0 Å². The van der Waals surface area contributed by atoms with Crippen LogP contribution in [0.1, 0.15) is 11.3 Å². The van der Waals surface area contributed by atoms with Gasteiger partial charge in [0.25, 0.3) is 10.1 Å². The molecule has 3 rings (SSSR count). The average Bonchev–Trinajstić information content (AvgIpc) is 2.65. The number of fused-ring (bicyclic) bond motifs is 3. The van der Waals surface area contributed by atoms with Crippen LogP contribution in [0.2, 0.25) is 0 Å². The van der Waals surface area contributed by atoms with Crippen LogP contribution in [0, 0.1) is 0 Å². The standard InChI is InChI=1S/C12H14N2O3S/c1-14-5-4-12-10(7-14)9-6-8(18(15,16)17)2-3-11(9)13-12/h2-3,6,13H,4-5,7H2,1H3,(H,15,16,17). The van der Waals surface area contributed by atoms with Crippen LogP contribution in [-0.2, 0) is 23.1 Å². The number of likely N-dealkylation sites (N-methyl/N-ethyl adjacent to an activating group) is 1. The summed E-state index contributed by atoms with van der Waals surface area (Å²) in [4.78, 5) is 5.45. The topological polar surface area (TPSA) is 73.4 Å². The van der Waals surface area contributed by atoms with Gasteiger partial charge in [-0.15, -0.1) is 0 Å². The van der Waals surface area contributed by atoms with Gasteiger partial charge in [-0.2, -0.15) is 8.42 Å². The molecule has 6 heteroatoms. The van der Waals surface area contributed by atoms with Crippen molar-refractivity contribution >= 4 is 21.0 Å². The maximum Gasteiger partial charge on any atom is 0.294 e. The van der Waals surface area contributed by atoms with E-state index in [4.69, 9.17) is 4.55 Å². The molecule has 1 aromatic heterocycles. The molecule has 0 radical (unpaired) electrons. The zero-order chi connectivity index (χ0) is 12.9. The number of H-pyrrole nitrogens is 1. The molecule has 0 fully saturated rings. The number of nitrogens with zero attached hydrogens (tertiary/aromatic N) is 1. The Bertz CT molecular complexity index is 718. The van der Waals surface area contributed by atoms with Crippen LogP contribution >= 0.6 is 0 Å². The van der Waals surface area contributed by atoms with Crippen molar-refractivity contribution in [3.05, 3.63) is 29.5 Å². The highest BCUT2D eigenvalue weighted by atomic mass is 32.2. The normalized spacial score (nSPS) is 17.0. The summed E-state index contributed by atoms with van der Waals surface area (Å²) in [6, 6.07) is 4.67. The smallest absolute Gasteiger partial charge is 0.294 e. The molecule has 0 saturated carbocycles. The predicted octanol–water partition coefficient (Wildman–Crippen LogP) is 1.40. The van der Waals surface area contributed by atoms with Gasteiger partial charge in [-0.05, 0) is 30.8 Å². The minimum absolute atomic E-state index is 0.0509. The van der Waals surface area contributed by atoms with Crippen molar-refractivity contribution < 1.29 is 13.0 Å². The largest absolute Gasteiger partial charge is 0.358 e. The molecular weight excluding hydrogens is 252 g/mol. The SMILES string of the molecule is CN1CCc2[nH]c3ccc(S(=O)(=O)O)cc3c2C1. The van der Waals surface area contributed by atoms with Crippen molar-refractivity contribution in [1.29, 1.82) is 0 Å². The number of benzene rings is 1. The Morgan fingerprint density at radius 3 is 2.89 bits per heavy atom. The highest BCUT2D eigenvalue weighted by Gasteiger charge is 2.20. The fraction of sp³-hybridized carbons (Fsp3) is 0.333. The second kappa shape index (κ2) is 3.81. The van der Waals surface area contributed by atoms with E-state index >= 15 is 0 Å². The molecule has 0 amide bonds. The van der Waals surface area contributed by atoms with Crippen LogP contribution in [0.25, 0.3) is 10.9 Å². The second-order valence-electron chi connectivity index (χ2n) is 4.75. The Morgan fingerprint density at radius 2 is 2.17 bits per heavy atom. The number of aromatic amines is 1. The molecule has 1 aliphatic rings. The lowest BCUT2D eigenvalue weighted by atomic mass is 10.1. The van der Waals surface area contributed by atoms with Crippen molar-refractivity contribution in [3.63, 3.8) is 0 Å². The summed E-state index contributed by atoms with van der Waals surface area (Å²) in [7, 11) is -2.10. The number of hydrogen-bond acceptors (Lipinski definition) is 3. The van der Waals surface area contributed by atoms with E-state index in [9.17, 15) is 8.42 Å². The van der Waals surface area contributed by atoms with Crippen LogP contribution in [-0.4, -0.2) is 36.4 Å². The van der Waals surface area contributed by atoms with Crippen molar-refractivity contribution in [2.45, 2.75) is 17.9 Å². The molecule has 0 spiro atoms. The van der Waals surface area contributed by atoms with E-state index in [1.165, 1.54) is 6.07 Å². The van der Waals surface area contributed by atoms with Gasteiger partial charge in [0.2, 0.25) is 0 Å². The Labute approximate surface area is 105 Å². The monoisotopic (exact) mass is 266 g/mol. The molecule has 0 atom stereocenters. The van der Waals surface area contributed by atoms with E-state index in [-0.39, 0.29) is 4.90 Å². The Morgan fingerprint density at radius 1 is 1.39 bits per heavy atom. The van der Waals surface area contributed by atoms with E-state index in [0.29, 0.717) is 0 Å². The molecular formula is C12H14N2O3S. The summed E-state index contributed by atoms with van der Waals surface area (Å²) < 4.78 is 31.4. The van der Waals surface area contributed by atoms with E-state index < -0.39 is 10.1 Å².